The molecule has 1 heterocycles. The van der Waals surface area contributed by atoms with E-state index in [1.165, 1.54) is 0 Å². The van der Waals surface area contributed by atoms with Gasteiger partial charge < -0.3 is 15.5 Å². The van der Waals surface area contributed by atoms with Gasteiger partial charge in [-0.05, 0) is 13.8 Å². The number of aliphatic hydroxyl groups is 2. The Morgan fingerprint density at radius 2 is 2.07 bits per heavy atom. The van der Waals surface area contributed by atoms with E-state index in [4.69, 9.17) is 10.2 Å². The SMILES string of the molecule is Cc1n[nH]c(C)c1C(=O)NC(CO)CO. The van der Waals surface area contributed by atoms with Gasteiger partial charge in [-0.2, -0.15) is 5.10 Å². The molecule has 0 radical (unpaired) electrons. The highest BCUT2D eigenvalue weighted by Gasteiger charge is 2.17. The van der Waals surface area contributed by atoms with E-state index in [2.05, 4.69) is 15.5 Å². The summed E-state index contributed by atoms with van der Waals surface area (Å²) < 4.78 is 0. The number of amides is 1. The Labute approximate surface area is 87.3 Å². The molecule has 0 aliphatic heterocycles. The van der Waals surface area contributed by atoms with Crippen molar-refractivity contribution in [1.82, 2.24) is 15.5 Å². The van der Waals surface area contributed by atoms with Crippen molar-refractivity contribution in [3.63, 3.8) is 0 Å². The molecule has 0 aliphatic carbocycles. The Morgan fingerprint density at radius 3 is 2.47 bits per heavy atom. The molecule has 0 spiro atoms. The summed E-state index contributed by atoms with van der Waals surface area (Å²) in [5.41, 5.74) is 1.72. The summed E-state index contributed by atoms with van der Waals surface area (Å²) in [5, 5.41) is 26.7. The molecular weight excluding hydrogens is 198 g/mol. The van der Waals surface area contributed by atoms with Crippen LogP contribution in [0.15, 0.2) is 0 Å². The van der Waals surface area contributed by atoms with E-state index in [1.807, 2.05) is 0 Å². The highest BCUT2D eigenvalue weighted by atomic mass is 16.3. The number of aromatic nitrogens is 2. The minimum Gasteiger partial charge on any atom is -0.394 e. The fourth-order valence-corrected chi connectivity index (χ4v) is 1.29. The highest BCUT2D eigenvalue weighted by molar-refractivity contribution is 5.96. The summed E-state index contributed by atoms with van der Waals surface area (Å²) in [4.78, 5) is 11.7. The van der Waals surface area contributed by atoms with Gasteiger partial charge in [0, 0.05) is 5.69 Å². The molecule has 0 saturated heterocycles. The van der Waals surface area contributed by atoms with Gasteiger partial charge in [-0.15, -0.1) is 0 Å². The first kappa shape index (κ1) is 11.7. The number of aliphatic hydroxyl groups excluding tert-OH is 2. The van der Waals surface area contributed by atoms with Crippen molar-refractivity contribution in [2.45, 2.75) is 19.9 Å². The van der Waals surface area contributed by atoms with Crippen molar-refractivity contribution in [3.8, 4) is 0 Å². The fourth-order valence-electron chi connectivity index (χ4n) is 1.29. The molecule has 1 aromatic heterocycles. The maximum atomic E-state index is 11.7. The van der Waals surface area contributed by atoms with Gasteiger partial charge in [0.25, 0.3) is 5.91 Å². The normalized spacial score (nSPS) is 10.7. The highest BCUT2D eigenvalue weighted by Crippen LogP contribution is 2.08. The van der Waals surface area contributed by atoms with Gasteiger partial charge in [-0.1, -0.05) is 0 Å². The number of carbonyl (C=O) groups is 1. The summed E-state index contributed by atoms with van der Waals surface area (Å²) in [6.07, 6.45) is 0. The monoisotopic (exact) mass is 213 g/mol. The molecule has 6 heteroatoms. The lowest BCUT2D eigenvalue weighted by Gasteiger charge is -2.13. The first-order valence-corrected chi connectivity index (χ1v) is 4.64. The number of aryl methyl sites for hydroxylation is 2. The van der Waals surface area contributed by atoms with Crippen molar-refractivity contribution in [3.05, 3.63) is 17.0 Å². The van der Waals surface area contributed by atoms with Gasteiger partial charge in [-0.3, -0.25) is 9.89 Å². The van der Waals surface area contributed by atoms with Gasteiger partial charge >= 0.3 is 0 Å². The van der Waals surface area contributed by atoms with Crippen LogP contribution in [0.2, 0.25) is 0 Å². The number of hydrogen-bond donors (Lipinski definition) is 4. The summed E-state index contributed by atoms with van der Waals surface area (Å²) in [7, 11) is 0. The lowest BCUT2D eigenvalue weighted by molar-refractivity contribution is 0.0878. The van der Waals surface area contributed by atoms with Crippen LogP contribution in [0.1, 0.15) is 21.7 Å². The van der Waals surface area contributed by atoms with E-state index in [-0.39, 0.29) is 19.1 Å². The van der Waals surface area contributed by atoms with Gasteiger partial charge in [0.2, 0.25) is 0 Å². The molecule has 0 saturated carbocycles. The lowest BCUT2D eigenvalue weighted by atomic mass is 10.1. The minimum atomic E-state index is -0.633. The number of nitrogens with one attached hydrogen (secondary N) is 2. The molecule has 1 amide bonds. The Kier molecular flexibility index (Phi) is 3.81. The third-order valence-corrected chi connectivity index (χ3v) is 2.13. The molecule has 0 atom stereocenters. The van der Waals surface area contributed by atoms with Gasteiger partial charge in [0.1, 0.15) is 0 Å². The van der Waals surface area contributed by atoms with Gasteiger partial charge in [-0.25, -0.2) is 0 Å². The molecule has 4 N–H and O–H groups in total. The average Bonchev–Trinajstić information content (AvgIpc) is 2.55. The van der Waals surface area contributed by atoms with E-state index in [0.29, 0.717) is 17.0 Å². The zero-order valence-electron chi connectivity index (χ0n) is 8.74. The maximum Gasteiger partial charge on any atom is 0.255 e. The molecule has 6 nitrogen and oxygen atoms in total. The second-order valence-corrected chi connectivity index (χ2v) is 3.34. The van der Waals surface area contributed by atoms with E-state index >= 15 is 0 Å². The number of carbonyl (C=O) groups excluding carboxylic acids is 1. The quantitative estimate of drug-likeness (QED) is 0.521. The van der Waals surface area contributed by atoms with Crippen LogP contribution in [0, 0.1) is 13.8 Å². The third kappa shape index (κ3) is 2.54. The van der Waals surface area contributed by atoms with Crippen molar-refractivity contribution < 1.29 is 15.0 Å². The van der Waals surface area contributed by atoms with Crippen molar-refractivity contribution >= 4 is 5.91 Å². The van der Waals surface area contributed by atoms with E-state index in [1.54, 1.807) is 13.8 Å². The predicted molar refractivity (Wildman–Crippen MR) is 53.5 cm³/mol. The van der Waals surface area contributed by atoms with Crippen LogP contribution in [-0.2, 0) is 0 Å². The van der Waals surface area contributed by atoms with Crippen LogP contribution >= 0.6 is 0 Å². The number of H-pyrrole nitrogens is 1. The van der Waals surface area contributed by atoms with Crippen LogP contribution in [-0.4, -0.2) is 45.6 Å². The molecule has 84 valence electrons. The molecule has 0 unspecified atom stereocenters. The fraction of sp³-hybridized carbons (Fsp3) is 0.556. The Hall–Kier alpha value is -1.40. The molecule has 0 fully saturated rings. The molecule has 1 rings (SSSR count). The lowest BCUT2D eigenvalue weighted by Crippen LogP contribution is -2.40. The largest absolute Gasteiger partial charge is 0.394 e. The van der Waals surface area contributed by atoms with Gasteiger partial charge in [0.05, 0.1) is 30.5 Å². The average molecular weight is 213 g/mol. The van der Waals surface area contributed by atoms with Crippen molar-refractivity contribution in [2.24, 2.45) is 0 Å². The topological polar surface area (TPSA) is 98.2 Å². The first-order chi connectivity index (χ1) is 7.10. The van der Waals surface area contributed by atoms with Gasteiger partial charge in [0.15, 0.2) is 0 Å². The number of hydrogen-bond acceptors (Lipinski definition) is 4. The predicted octanol–water partition coefficient (Wildman–Crippen LogP) is -0.890. The summed E-state index contributed by atoms with van der Waals surface area (Å²) in [5.74, 6) is -0.341. The number of aromatic amines is 1. The van der Waals surface area contributed by atoms with Crippen molar-refractivity contribution in [1.29, 1.82) is 0 Å². The Morgan fingerprint density at radius 1 is 1.47 bits per heavy atom. The van der Waals surface area contributed by atoms with E-state index < -0.39 is 6.04 Å². The van der Waals surface area contributed by atoms with Crippen LogP contribution < -0.4 is 5.32 Å². The molecule has 0 bridgehead atoms. The molecule has 0 aromatic carbocycles. The van der Waals surface area contributed by atoms with Crippen molar-refractivity contribution in [2.75, 3.05) is 13.2 Å². The maximum absolute atomic E-state index is 11.7. The van der Waals surface area contributed by atoms with Crippen LogP contribution in [0.4, 0.5) is 0 Å². The second-order valence-electron chi connectivity index (χ2n) is 3.34. The molecular formula is C9H15N3O3. The minimum absolute atomic E-state index is 0.293. The molecule has 15 heavy (non-hydrogen) atoms. The number of nitrogens with zero attached hydrogens (tertiary/aromatic N) is 1. The number of rotatable bonds is 4. The summed E-state index contributed by atoms with van der Waals surface area (Å²) >= 11 is 0. The van der Waals surface area contributed by atoms with Crippen LogP contribution in [0.5, 0.6) is 0 Å². The second kappa shape index (κ2) is 4.90. The molecule has 0 aliphatic rings. The van der Waals surface area contributed by atoms with Crippen LogP contribution in [0.3, 0.4) is 0 Å². The summed E-state index contributed by atoms with van der Waals surface area (Å²) in [6, 6.07) is -0.633. The third-order valence-electron chi connectivity index (χ3n) is 2.13. The van der Waals surface area contributed by atoms with E-state index in [0.717, 1.165) is 0 Å². The molecule has 1 aromatic rings. The summed E-state index contributed by atoms with van der Waals surface area (Å²) in [6.45, 7) is 2.86. The smallest absolute Gasteiger partial charge is 0.255 e. The van der Waals surface area contributed by atoms with Crippen LogP contribution in [0.25, 0.3) is 0 Å². The Bertz CT molecular complexity index is 325. The standard InChI is InChI=1S/C9H15N3O3/c1-5-8(6(2)12-11-5)9(15)10-7(3-13)4-14/h7,13-14H,3-4H2,1-2H3,(H,10,15)(H,11,12). The zero-order valence-corrected chi connectivity index (χ0v) is 8.74. The Balaban J connectivity index is 2.77. The zero-order chi connectivity index (χ0) is 11.4. The van der Waals surface area contributed by atoms with E-state index in [9.17, 15) is 4.79 Å². The first-order valence-electron chi connectivity index (χ1n) is 4.64.